The van der Waals surface area contributed by atoms with Gasteiger partial charge >= 0.3 is 0 Å². The molecule has 1 saturated carbocycles. The van der Waals surface area contributed by atoms with Crippen LogP contribution in [0.1, 0.15) is 51.4 Å². The lowest BCUT2D eigenvalue weighted by Gasteiger charge is -2.28. The van der Waals surface area contributed by atoms with Gasteiger partial charge in [0, 0.05) is 36.1 Å². The summed E-state index contributed by atoms with van der Waals surface area (Å²) in [7, 11) is 0. The highest BCUT2D eigenvalue weighted by atomic mass is 32.1. The Kier molecular flexibility index (Phi) is 5.52. The van der Waals surface area contributed by atoms with Crippen molar-refractivity contribution >= 4 is 33.3 Å². The number of carbonyl (C=O) groups is 1. The average Bonchev–Trinajstić information content (AvgIpc) is 3.46. The molecule has 3 aromatic rings. The molecule has 3 heterocycles. The predicted octanol–water partition coefficient (Wildman–Crippen LogP) is 3.28. The summed E-state index contributed by atoms with van der Waals surface area (Å²) in [5, 5.41) is 1.28. The van der Waals surface area contributed by atoms with Gasteiger partial charge in [0.25, 0.3) is 0 Å². The first-order valence-electron chi connectivity index (χ1n) is 11.9. The first-order chi connectivity index (χ1) is 16.2. The summed E-state index contributed by atoms with van der Waals surface area (Å²) in [5.74, 6) is 1.62. The van der Waals surface area contributed by atoms with E-state index in [2.05, 4.69) is 9.80 Å². The molecule has 7 nitrogen and oxygen atoms in total. The van der Waals surface area contributed by atoms with Crippen molar-refractivity contribution in [3.63, 3.8) is 0 Å². The summed E-state index contributed by atoms with van der Waals surface area (Å²) in [4.78, 5) is 29.2. The summed E-state index contributed by atoms with van der Waals surface area (Å²) < 4.78 is 5.52. The molecule has 33 heavy (non-hydrogen) atoms. The second kappa shape index (κ2) is 8.66. The van der Waals surface area contributed by atoms with Crippen molar-refractivity contribution in [2.24, 2.45) is 5.73 Å². The van der Waals surface area contributed by atoms with Crippen LogP contribution in [0.25, 0.3) is 10.2 Å². The fraction of sp³-hybridized carbons (Fsp3) is 0.480. The largest absolute Gasteiger partial charge is 0.379 e. The van der Waals surface area contributed by atoms with Gasteiger partial charge in [-0.3, -0.25) is 9.69 Å². The zero-order chi connectivity index (χ0) is 22.4. The minimum atomic E-state index is -0.389. The van der Waals surface area contributed by atoms with Gasteiger partial charge < -0.3 is 15.4 Å². The molecule has 2 fully saturated rings. The first kappa shape index (κ1) is 21.0. The van der Waals surface area contributed by atoms with Crippen LogP contribution >= 0.6 is 11.3 Å². The van der Waals surface area contributed by atoms with E-state index in [0.29, 0.717) is 11.6 Å². The van der Waals surface area contributed by atoms with Crippen LogP contribution in [0, 0.1) is 0 Å². The number of nitrogens with two attached hydrogens (primary N) is 1. The highest BCUT2D eigenvalue weighted by molar-refractivity contribution is 7.19. The fourth-order valence-electron chi connectivity index (χ4n) is 4.99. The maximum Gasteiger partial charge on any atom is 0.248 e. The number of anilines is 1. The number of amides is 1. The number of carbonyl (C=O) groups excluding carboxylic acids is 1. The Hall–Kier alpha value is -2.55. The van der Waals surface area contributed by atoms with Gasteiger partial charge in [0.1, 0.15) is 16.5 Å². The number of aryl methyl sites for hydroxylation is 2. The van der Waals surface area contributed by atoms with Gasteiger partial charge in [0.15, 0.2) is 0 Å². The summed E-state index contributed by atoms with van der Waals surface area (Å²) in [6.45, 7) is 4.94. The van der Waals surface area contributed by atoms with Crippen LogP contribution in [0.4, 0.5) is 5.82 Å². The highest BCUT2D eigenvalue weighted by Crippen LogP contribution is 2.43. The Bertz CT molecular complexity index is 1180. The van der Waals surface area contributed by atoms with E-state index in [-0.39, 0.29) is 5.91 Å². The quantitative estimate of drug-likeness (QED) is 0.579. The second-order valence-electron chi connectivity index (χ2n) is 9.31. The van der Waals surface area contributed by atoms with E-state index >= 15 is 0 Å². The van der Waals surface area contributed by atoms with E-state index in [4.69, 9.17) is 20.4 Å². The molecule has 172 valence electrons. The molecule has 0 spiro atoms. The molecular weight excluding hydrogens is 434 g/mol. The number of thiophene rings is 1. The SMILES string of the molecule is NC(=O)c1ccc(CN(c2nc(CN3CCOCC3)nc3sc4c(c23)CCC4)C2CC2)cc1. The van der Waals surface area contributed by atoms with Crippen molar-refractivity contribution in [2.75, 3.05) is 31.2 Å². The molecule has 2 aliphatic carbocycles. The number of fused-ring (bicyclic) bond motifs is 3. The molecular formula is C25H29N5O2S. The number of aromatic nitrogens is 2. The predicted molar refractivity (Wildman–Crippen MR) is 130 cm³/mol. The summed E-state index contributed by atoms with van der Waals surface area (Å²) in [6, 6.07) is 8.18. The zero-order valence-electron chi connectivity index (χ0n) is 18.8. The summed E-state index contributed by atoms with van der Waals surface area (Å²) in [6.07, 6.45) is 5.89. The molecule has 6 rings (SSSR count). The molecule has 1 amide bonds. The van der Waals surface area contributed by atoms with Crippen molar-refractivity contribution in [1.82, 2.24) is 14.9 Å². The smallest absolute Gasteiger partial charge is 0.248 e. The molecule has 1 saturated heterocycles. The third kappa shape index (κ3) is 4.23. The first-order valence-corrected chi connectivity index (χ1v) is 12.7. The number of hydrogen-bond donors (Lipinski definition) is 1. The lowest BCUT2D eigenvalue weighted by Crippen LogP contribution is -2.36. The number of rotatable bonds is 7. The number of hydrogen-bond acceptors (Lipinski definition) is 7. The standard InChI is InChI=1S/C25H29N5O2S/c26-23(31)17-6-4-16(5-7-17)14-30(18-8-9-18)24-22-19-2-1-3-20(19)33-25(22)28-21(27-24)15-29-10-12-32-13-11-29/h4-7,18H,1-3,8-15H2,(H2,26,31). The summed E-state index contributed by atoms with van der Waals surface area (Å²) >= 11 is 1.87. The topological polar surface area (TPSA) is 84.6 Å². The van der Waals surface area contributed by atoms with Gasteiger partial charge in [-0.25, -0.2) is 9.97 Å². The third-order valence-electron chi connectivity index (χ3n) is 6.91. The van der Waals surface area contributed by atoms with E-state index in [1.165, 1.54) is 40.7 Å². The Morgan fingerprint density at radius 3 is 2.67 bits per heavy atom. The van der Waals surface area contributed by atoms with Gasteiger partial charge in [0.2, 0.25) is 5.91 Å². The van der Waals surface area contributed by atoms with Crippen LogP contribution in [0.5, 0.6) is 0 Å². The molecule has 0 atom stereocenters. The van der Waals surface area contributed by atoms with Gasteiger partial charge in [0.05, 0.1) is 25.1 Å². The zero-order valence-corrected chi connectivity index (χ0v) is 19.6. The van der Waals surface area contributed by atoms with Crippen LogP contribution in [0.2, 0.25) is 0 Å². The van der Waals surface area contributed by atoms with Gasteiger partial charge in [-0.2, -0.15) is 0 Å². The van der Waals surface area contributed by atoms with Crippen molar-refractivity contribution in [3.8, 4) is 0 Å². The van der Waals surface area contributed by atoms with Crippen LogP contribution in [0.15, 0.2) is 24.3 Å². The number of ether oxygens (including phenoxy) is 1. The molecule has 2 N–H and O–H groups in total. The normalized spacial score (nSPS) is 18.5. The maximum atomic E-state index is 11.5. The number of morpholine rings is 1. The Morgan fingerprint density at radius 2 is 1.94 bits per heavy atom. The molecule has 2 aromatic heterocycles. The van der Waals surface area contributed by atoms with Crippen molar-refractivity contribution in [2.45, 2.75) is 51.2 Å². The number of nitrogens with zero attached hydrogens (tertiary/aromatic N) is 4. The van der Waals surface area contributed by atoms with Crippen LogP contribution in [-0.4, -0.2) is 53.1 Å². The van der Waals surface area contributed by atoms with Crippen LogP contribution < -0.4 is 10.6 Å². The number of primary amides is 1. The van der Waals surface area contributed by atoms with Gasteiger partial charge in [-0.15, -0.1) is 11.3 Å². The maximum absolute atomic E-state index is 11.5. The molecule has 0 unspecified atom stereocenters. The van der Waals surface area contributed by atoms with Crippen molar-refractivity contribution in [1.29, 1.82) is 0 Å². The number of benzene rings is 1. The average molecular weight is 464 g/mol. The highest BCUT2D eigenvalue weighted by Gasteiger charge is 2.34. The molecule has 8 heteroatoms. The molecule has 3 aliphatic rings. The fourth-order valence-corrected chi connectivity index (χ4v) is 6.27. The molecule has 1 aliphatic heterocycles. The molecule has 1 aromatic carbocycles. The monoisotopic (exact) mass is 463 g/mol. The molecule has 0 radical (unpaired) electrons. The minimum Gasteiger partial charge on any atom is -0.379 e. The lowest BCUT2D eigenvalue weighted by molar-refractivity contribution is 0.0331. The van der Waals surface area contributed by atoms with Crippen LogP contribution in [0.3, 0.4) is 0 Å². The Balaban J connectivity index is 1.39. The lowest BCUT2D eigenvalue weighted by atomic mass is 10.1. The van der Waals surface area contributed by atoms with E-state index in [1.807, 2.05) is 35.6 Å². The van der Waals surface area contributed by atoms with Crippen molar-refractivity contribution in [3.05, 3.63) is 51.7 Å². The van der Waals surface area contributed by atoms with E-state index in [1.54, 1.807) is 0 Å². The minimum absolute atomic E-state index is 0.389. The Labute approximate surface area is 197 Å². The van der Waals surface area contributed by atoms with Gasteiger partial charge in [-0.05, 0) is 55.4 Å². The third-order valence-corrected chi connectivity index (χ3v) is 8.10. The van der Waals surface area contributed by atoms with E-state index < -0.39 is 0 Å². The second-order valence-corrected chi connectivity index (χ2v) is 10.4. The molecule has 0 bridgehead atoms. The summed E-state index contributed by atoms with van der Waals surface area (Å²) in [5.41, 5.74) is 8.62. The van der Waals surface area contributed by atoms with E-state index in [9.17, 15) is 4.79 Å². The van der Waals surface area contributed by atoms with Crippen molar-refractivity contribution < 1.29 is 9.53 Å². The van der Waals surface area contributed by atoms with Gasteiger partial charge in [-0.1, -0.05) is 12.1 Å². The van der Waals surface area contributed by atoms with E-state index in [0.717, 1.165) is 68.7 Å². The Morgan fingerprint density at radius 1 is 1.15 bits per heavy atom. The van der Waals surface area contributed by atoms with Crippen LogP contribution in [-0.2, 0) is 30.7 Å².